The molecule has 1 saturated heterocycles. The minimum absolute atomic E-state index is 0.00538. The number of carbonyl (C=O) groups is 1. The van der Waals surface area contributed by atoms with E-state index in [1.165, 1.54) is 0 Å². The number of nitrogens with zero attached hydrogens (tertiary/aromatic N) is 3. The van der Waals surface area contributed by atoms with Crippen molar-refractivity contribution in [2.24, 2.45) is 0 Å². The Bertz CT molecular complexity index is 727. The summed E-state index contributed by atoms with van der Waals surface area (Å²) in [7, 11) is 0. The third-order valence-electron chi connectivity index (χ3n) is 4.72. The van der Waals surface area contributed by atoms with Crippen LogP contribution in [0.25, 0.3) is 0 Å². The molecule has 23 heavy (non-hydrogen) atoms. The maximum atomic E-state index is 13.1. The molecule has 1 atom stereocenters. The van der Waals surface area contributed by atoms with Gasteiger partial charge in [0.05, 0.1) is 17.3 Å². The summed E-state index contributed by atoms with van der Waals surface area (Å²) in [6.07, 6.45) is 1.93. The van der Waals surface area contributed by atoms with Crippen LogP contribution < -0.4 is 0 Å². The third kappa shape index (κ3) is 2.69. The normalized spacial score (nSPS) is 18.2. The highest BCUT2D eigenvalue weighted by Gasteiger charge is 2.34. The second-order valence-corrected chi connectivity index (χ2v) is 6.78. The zero-order valence-electron chi connectivity index (χ0n) is 14.6. The molecule has 0 saturated carbocycles. The molecule has 0 bridgehead atoms. The highest BCUT2D eigenvalue weighted by atomic mass is 16.5. The van der Waals surface area contributed by atoms with Gasteiger partial charge in [0, 0.05) is 30.0 Å². The van der Waals surface area contributed by atoms with Gasteiger partial charge in [-0.1, -0.05) is 5.16 Å². The number of aromatic nitrogens is 2. The van der Waals surface area contributed by atoms with Crippen molar-refractivity contribution in [1.29, 1.82) is 0 Å². The fourth-order valence-corrected chi connectivity index (χ4v) is 3.79. The second kappa shape index (κ2) is 5.87. The lowest BCUT2D eigenvalue weighted by atomic mass is 10.1. The van der Waals surface area contributed by atoms with E-state index in [0.29, 0.717) is 6.04 Å². The third-order valence-corrected chi connectivity index (χ3v) is 4.72. The van der Waals surface area contributed by atoms with Crippen molar-refractivity contribution in [1.82, 2.24) is 14.6 Å². The second-order valence-electron chi connectivity index (χ2n) is 6.78. The van der Waals surface area contributed by atoms with Crippen LogP contribution in [0.4, 0.5) is 0 Å². The van der Waals surface area contributed by atoms with E-state index in [9.17, 15) is 4.79 Å². The predicted octanol–water partition coefficient (Wildman–Crippen LogP) is 3.96. The highest BCUT2D eigenvalue weighted by Crippen LogP contribution is 2.34. The number of likely N-dealkylation sites (tertiary alicyclic amines) is 1. The minimum Gasteiger partial charge on any atom is -0.359 e. The van der Waals surface area contributed by atoms with Crippen LogP contribution in [-0.4, -0.2) is 27.1 Å². The van der Waals surface area contributed by atoms with Crippen molar-refractivity contribution >= 4 is 5.91 Å². The molecule has 1 aliphatic heterocycles. The molecule has 0 aromatic carbocycles. The van der Waals surface area contributed by atoms with Gasteiger partial charge in [-0.15, -0.1) is 0 Å². The quantitative estimate of drug-likeness (QED) is 0.861. The van der Waals surface area contributed by atoms with Gasteiger partial charge in [0.2, 0.25) is 0 Å². The summed E-state index contributed by atoms with van der Waals surface area (Å²) < 4.78 is 7.63. The lowest BCUT2D eigenvalue weighted by Gasteiger charge is -2.23. The first-order chi connectivity index (χ1) is 10.9. The number of carbonyl (C=O) groups excluding carboxylic acids is 1. The molecule has 0 spiro atoms. The van der Waals surface area contributed by atoms with Gasteiger partial charge in [-0.2, -0.15) is 0 Å². The molecule has 0 unspecified atom stereocenters. The van der Waals surface area contributed by atoms with Crippen LogP contribution in [0.3, 0.4) is 0 Å². The Kier molecular flexibility index (Phi) is 4.04. The topological polar surface area (TPSA) is 51.3 Å². The van der Waals surface area contributed by atoms with E-state index in [4.69, 9.17) is 4.52 Å². The average molecular weight is 315 g/mol. The Labute approximate surface area is 137 Å². The summed E-state index contributed by atoms with van der Waals surface area (Å²) >= 11 is 0. The number of hydrogen-bond acceptors (Lipinski definition) is 3. The first-order valence-electron chi connectivity index (χ1n) is 8.32. The molecule has 3 heterocycles. The SMILES string of the molecule is Cc1cc([C@@H]2CCCN2C(=O)c2cc(C)n(C(C)C)c2C)on1. The first kappa shape index (κ1) is 15.8. The number of aryl methyl sites for hydroxylation is 2. The molecule has 2 aromatic rings. The molecule has 1 fully saturated rings. The van der Waals surface area contributed by atoms with Gasteiger partial charge in [0.25, 0.3) is 5.91 Å². The maximum Gasteiger partial charge on any atom is 0.256 e. The lowest BCUT2D eigenvalue weighted by Crippen LogP contribution is -2.30. The van der Waals surface area contributed by atoms with Crippen LogP contribution in [-0.2, 0) is 0 Å². The van der Waals surface area contributed by atoms with Crippen molar-refractivity contribution in [2.45, 2.75) is 59.5 Å². The standard InChI is InChI=1S/C18H25N3O2/c1-11(2)21-13(4)10-15(14(21)5)18(22)20-8-6-7-16(20)17-9-12(3)19-23-17/h9-11,16H,6-8H2,1-5H3/t16-/m0/s1. The molecule has 5 heteroatoms. The fraction of sp³-hybridized carbons (Fsp3) is 0.556. The molecule has 1 amide bonds. The van der Waals surface area contributed by atoms with E-state index in [-0.39, 0.29) is 11.9 Å². The van der Waals surface area contributed by atoms with E-state index in [1.54, 1.807) is 0 Å². The molecular weight excluding hydrogens is 290 g/mol. The van der Waals surface area contributed by atoms with E-state index in [1.807, 2.05) is 30.9 Å². The zero-order valence-corrected chi connectivity index (χ0v) is 14.6. The van der Waals surface area contributed by atoms with Crippen LogP contribution in [0.15, 0.2) is 16.7 Å². The van der Waals surface area contributed by atoms with E-state index in [2.05, 4.69) is 30.5 Å². The first-order valence-corrected chi connectivity index (χ1v) is 8.32. The number of rotatable bonds is 3. The van der Waals surface area contributed by atoms with Gasteiger partial charge in [0.1, 0.15) is 0 Å². The van der Waals surface area contributed by atoms with Crippen molar-refractivity contribution in [3.8, 4) is 0 Å². The van der Waals surface area contributed by atoms with Gasteiger partial charge >= 0.3 is 0 Å². The fourth-order valence-electron chi connectivity index (χ4n) is 3.79. The van der Waals surface area contributed by atoms with Crippen LogP contribution in [0, 0.1) is 20.8 Å². The van der Waals surface area contributed by atoms with Gasteiger partial charge in [-0.3, -0.25) is 4.79 Å². The van der Waals surface area contributed by atoms with Crippen LogP contribution in [0.2, 0.25) is 0 Å². The average Bonchev–Trinajstić information content (AvgIpc) is 3.16. The summed E-state index contributed by atoms with van der Waals surface area (Å²) in [5.41, 5.74) is 3.84. The molecule has 0 radical (unpaired) electrons. The van der Waals surface area contributed by atoms with E-state index >= 15 is 0 Å². The summed E-state index contributed by atoms with van der Waals surface area (Å²) in [6, 6.07) is 4.31. The largest absolute Gasteiger partial charge is 0.359 e. The molecule has 0 aliphatic carbocycles. The van der Waals surface area contributed by atoms with E-state index < -0.39 is 0 Å². The summed E-state index contributed by atoms with van der Waals surface area (Å²) in [5.74, 6) is 0.896. The molecule has 3 rings (SSSR count). The molecular formula is C18H25N3O2. The molecule has 2 aromatic heterocycles. The van der Waals surface area contributed by atoms with Crippen LogP contribution >= 0.6 is 0 Å². The monoisotopic (exact) mass is 315 g/mol. The Hall–Kier alpha value is -2.04. The smallest absolute Gasteiger partial charge is 0.256 e. The molecule has 5 nitrogen and oxygen atoms in total. The Morgan fingerprint density at radius 3 is 2.61 bits per heavy atom. The highest BCUT2D eigenvalue weighted by molar-refractivity contribution is 5.96. The minimum atomic E-state index is 0.00538. The van der Waals surface area contributed by atoms with Gasteiger partial charge in [-0.05, 0) is 53.5 Å². The van der Waals surface area contributed by atoms with Crippen molar-refractivity contribution in [2.75, 3.05) is 6.54 Å². The van der Waals surface area contributed by atoms with Crippen molar-refractivity contribution in [3.63, 3.8) is 0 Å². The molecule has 1 aliphatic rings. The van der Waals surface area contributed by atoms with Gasteiger partial charge < -0.3 is 14.0 Å². The zero-order chi connectivity index (χ0) is 16.7. The van der Waals surface area contributed by atoms with E-state index in [0.717, 1.165) is 47.8 Å². The number of amides is 1. The molecule has 124 valence electrons. The summed E-state index contributed by atoms with van der Waals surface area (Å²) in [4.78, 5) is 15.0. The maximum absolute atomic E-state index is 13.1. The summed E-state index contributed by atoms with van der Waals surface area (Å²) in [5, 5.41) is 3.97. The lowest BCUT2D eigenvalue weighted by molar-refractivity contribution is 0.0713. The Morgan fingerprint density at radius 2 is 2.04 bits per heavy atom. The predicted molar refractivity (Wildman–Crippen MR) is 88.5 cm³/mol. The Balaban J connectivity index is 1.92. The molecule has 0 N–H and O–H groups in total. The van der Waals surface area contributed by atoms with Crippen molar-refractivity contribution < 1.29 is 9.32 Å². The van der Waals surface area contributed by atoms with Crippen LogP contribution in [0.1, 0.15) is 72.0 Å². The van der Waals surface area contributed by atoms with Crippen LogP contribution in [0.5, 0.6) is 0 Å². The van der Waals surface area contributed by atoms with Crippen molar-refractivity contribution in [3.05, 3.63) is 40.5 Å². The Morgan fingerprint density at radius 1 is 1.30 bits per heavy atom. The van der Waals surface area contributed by atoms with Gasteiger partial charge in [-0.25, -0.2) is 0 Å². The summed E-state index contributed by atoms with van der Waals surface area (Å²) in [6.45, 7) is 11.1. The number of hydrogen-bond donors (Lipinski definition) is 0. The van der Waals surface area contributed by atoms with Gasteiger partial charge in [0.15, 0.2) is 5.76 Å².